The van der Waals surface area contributed by atoms with Crippen LogP contribution in [0.4, 0.5) is 0 Å². The van der Waals surface area contributed by atoms with Gasteiger partial charge in [0.15, 0.2) is 11.5 Å². The van der Waals surface area contributed by atoms with E-state index in [1.54, 1.807) is 7.11 Å². The Bertz CT molecular complexity index is 705. The summed E-state index contributed by atoms with van der Waals surface area (Å²) in [5.74, 6) is -0.278. The van der Waals surface area contributed by atoms with Crippen LogP contribution >= 0.6 is 0 Å². The summed E-state index contributed by atoms with van der Waals surface area (Å²) in [6, 6.07) is 2.25. The molecule has 0 saturated heterocycles. The van der Waals surface area contributed by atoms with Crippen molar-refractivity contribution < 1.29 is 19.7 Å². The molecular formula is C18H23NO4. The second kappa shape index (κ2) is 4.21. The van der Waals surface area contributed by atoms with Crippen molar-refractivity contribution in [3.05, 3.63) is 22.8 Å². The molecule has 0 amide bonds. The van der Waals surface area contributed by atoms with Crippen molar-refractivity contribution in [2.24, 2.45) is 0 Å². The number of rotatable bonds is 1. The van der Waals surface area contributed by atoms with E-state index in [9.17, 15) is 10.2 Å². The van der Waals surface area contributed by atoms with Crippen molar-refractivity contribution in [2.75, 3.05) is 20.7 Å². The van der Waals surface area contributed by atoms with Crippen LogP contribution in [0.15, 0.2) is 6.07 Å². The molecule has 0 radical (unpaired) electrons. The third-order valence-corrected chi connectivity index (χ3v) is 6.71. The molecule has 23 heavy (non-hydrogen) atoms. The van der Waals surface area contributed by atoms with E-state index < -0.39 is 11.9 Å². The topological polar surface area (TPSA) is 62.2 Å². The minimum absolute atomic E-state index is 0.0467. The van der Waals surface area contributed by atoms with Gasteiger partial charge in [-0.05, 0) is 49.9 Å². The summed E-state index contributed by atoms with van der Waals surface area (Å²) in [4.78, 5) is 2.42. The summed E-state index contributed by atoms with van der Waals surface area (Å²) >= 11 is 0. The fourth-order valence-corrected chi connectivity index (χ4v) is 5.56. The summed E-state index contributed by atoms with van der Waals surface area (Å²) < 4.78 is 11.8. The fraction of sp³-hybridized carbons (Fsp3) is 0.667. The van der Waals surface area contributed by atoms with E-state index in [1.165, 1.54) is 16.7 Å². The van der Waals surface area contributed by atoms with Gasteiger partial charge in [0.2, 0.25) is 5.79 Å². The van der Waals surface area contributed by atoms with Gasteiger partial charge in [-0.15, -0.1) is 0 Å². The van der Waals surface area contributed by atoms with Gasteiger partial charge in [0.1, 0.15) is 6.10 Å². The number of hydrogen-bond acceptors (Lipinski definition) is 5. The second-order valence-corrected chi connectivity index (χ2v) is 7.75. The normalized spacial score (nSPS) is 40.7. The SMILES string of the molecule is CO[C@]12C[C@@]3(CC[C@H]1O)C[C@@H]1c4c(cc(O)c(c43)O2)CCN1C. The summed E-state index contributed by atoms with van der Waals surface area (Å²) in [5.41, 5.74) is 3.78. The Balaban J connectivity index is 1.79. The molecule has 5 nitrogen and oxygen atoms in total. The van der Waals surface area contributed by atoms with Crippen LogP contribution in [0.5, 0.6) is 11.5 Å². The Kier molecular flexibility index (Phi) is 2.57. The lowest BCUT2D eigenvalue weighted by atomic mass is 9.65. The molecule has 5 rings (SSSR count). The third-order valence-electron chi connectivity index (χ3n) is 6.71. The van der Waals surface area contributed by atoms with E-state index >= 15 is 0 Å². The standard InChI is InChI=1S/C18H23NO4/c1-19-6-4-10-7-12(20)16-15-14(10)11(19)8-17(15)5-3-13(21)18(9-17,22-2)23-16/h7,11,13,20-21H,3-6,8-9H2,1-2H3/t11-,13-,17-,18+/m1/s1. The fourth-order valence-electron chi connectivity index (χ4n) is 5.56. The molecule has 2 bridgehead atoms. The summed E-state index contributed by atoms with van der Waals surface area (Å²) in [6.45, 7) is 1.02. The number of aliphatic hydroxyl groups is 1. The van der Waals surface area contributed by atoms with Crippen molar-refractivity contribution in [1.29, 1.82) is 0 Å². The van der Waals surface area contributed by atoms with Crippen LogP contribution in [0.1, 0.15) is 48.4 Å². The molecule has 2 heterocycles. The largest absolute Gasteiger partial charge is 0.504 e. The maximum atomic E-state index is 10.6. The van der Waals surface area contributed by atoms with Crippen LogP contribution in [0.25, 0.3) is 0 Å². The predicted octanol–water partition coefficient (Wildman–Crippen LogP) is 1.84. The second-order valence-electron chi connectivity index (χ2n) is 7.75. The number of methoxy groups -OCH3 is 1. The van der Waals surface area contributed by atoms with Gasteiger partial charge < -0.3 is 19.7 Å². The van der Waals surface area contributed by atoms with Gasteiger partial charge in [0.05, 0.1) is 0 Å². The maximum Gasteiger partial charge on any atom is 0.237 e. The molecule has 2 N–H and O–H groups in total. The highest BCUT2D eigenvalue weighted by Gasteiger charge is 2.62. The van der Waals surface area contributed by atoms with E-state index in [-0.39, 0.29) is 11.2 Å². The van der Waals surface area contributed by atoms with Gasteiger partial charge >= 0.3 is 0 Å². The highest BCUT2D eigenvalue weighted by atomic mass is 16.7. The van der Waals surface area contributed by atoms with Crippen LogP contribution in [0.2, 0.25) is 0 Å². The van der Waals surface area contributed by atoms with Crippen LogP contribution in [0.3, 0.4) is 0 Å². The average molecular weight is 317 g/mol. The lowest BCUT2D eigenvalue weighted by Gasteiger charge is -2.52. The third kappa shape index (κ3) is 1.53. The van der Waals surface area contributed by atoms with E-state index in [1.807, 2.05) is 6.07 Å². The number of fused-ring (bicyclic) bond motifs is 1. The number of phenolic OH excluding ortho intramolecular Hbond substituents is 1. The van der Waals surface area contributed by atoms with Gasteiger partial charge in [0.25, 0.3) is 0 Å². The van der Waals surface area contributed by atoms with Gasteiger partial charge in [0, 0.05) is 37.1 Å². The molecule has 124 valence electrons. The molecule has 0 aromatic heterocycles. The number of aromatic hydroxyl groups is 1. The Morgan fingerprint density at radius 1 is 1.43 bits per heavy atom. The van der Waals surface area contributed by atoms with Gasteiger partial charge in [-0.1, -0.05) is 0 Å². The highest BCUT2D eigenvalue weighted by Crippen LogP contribution is 2.65. The number of aliphatic hydroxyl groups excluding tert-OH is 1. The van der Waals surface area contributed by atoms with E-state index in [2.05, 4.69) is 11.9 Å². The first-order valence-electron chi connectivity index (χ1n) is 8.51. The van der Waals surface area contributed by atoms with Gasteiger partial charge in [-0.25, -0.2) is 0 Å². The molecule has 4 atom stereocenters. The number of benzene rings is 1. The monoisotopic (exact) mass is 317 g/mol. The first kappa shape index (κ1) is 14.1. The summed E-state index contributed by atoms with van der Waals surface area (Å²) in [5, 5.41) is 21.1. The van der Waals surface area contributed by atoms with Crippen LogP contribution in [-0.2, 0) is 16.6 Å². The summed E-state index contributed by atoms with van der Waals surface area (Å²) in [7, 11) is 3.78. The maximum absolute atomic E-state index is 10.6. The Morgan fingerprint density at radius 2 is 2.26 bits per heavy atom. The zero-order chi connectivity index (χ0) is 16.0. The van der Waals surface area contributed by atoms with E-state index in [0.29, 0.717) is 24.6 Å². The zero-order valence-corrected chi connectivity index (χ0v) is 13.6. The zero-order valence-electron chi connectivity index (χ0n) is 13.6. The van der Waals surface area contributed by atoms with Crippen molar-refractivity contribution in [3.8, 4) is 11.5 Å². The van der Waals surface area contributed by atoms with Crippen molar-refractivity contribution >= 4 is 0 Å². The van der Waals surface area contributed by atoms with Crippen molar-refractivity contribution in [3.63, 3.8) is 0 Å². The predicted molar refractivity (Wildman–Crippen MR) is 83.7 cm³/mol. The Hall–Kier alpha value is -1.30. The Labute approximate surface area is 135 Å². The molecule has 1 spiro atoms. The number of phenols is 1. The molecule has 1 saturated carbocycles. The summed E-state index contributed by atoms with van der Waals surface area (Å²) in [6.07, 6.45) is 3.62. The Morgan fingerprint density at radius 3 is 3.04 bits per heavy atom. The van der Waals surface area contributed by atoms with Crippen LogP contribution in [0, 0.1) is 0 Å². The van der Waals surface area contributed by atoms with Crippen LogP contribution in [-0.4, -0.2) is 47.7 Å². The quantitative estimate of drug-likeness (QED) is 0.827. The molecule has 2 aliphatic heterocycles. The number of likely N-dealkylation sites (N-methyl/N-ethyl adjacent to an activating group) is 1. The van der Waals surface area contributed by atoms with Crippen LogP contribution < -0.4 is 4.74 Å². The molecule has 5 heteroatoms. The molecule has 0 unspecified atom stereocenters. The van der Waals surface area contributed by atoms with Gasteiger partial charge in [-0.2, -0.15) is 0 Å². The molecular weight excluding hydrogens is 294 g/mol. The molecule has 4 aliphatic rings. The highest BCUT2D eigenvalue weighted by molar-refractivity contribution is 5.63. The minimum atomic E-state index is -1.02. The average Bonchev–Trinajstić information content (AvgIpc) is 2.88. The number of nitrogens with zero attached hydrogens (tertiary/aromatic N) is 1. The van der Waals surface area contributed by atoms with Gasteiger partial charge in [-0.3, -0.25) is 4.90 Å². The number of ether oxygens (including phenoxy) is 2. The lowest BCUT2D eigenvalue weighted by Crippen LogP contribution is -2.59. The number of hydrogen-bond donors (Lipinski definition) is 2. The van der Waals surface area contributed by atoms with Crippen molar-refractivity contribution in [2.45, 2.75) is 55.5 Å². The molecule has 1 aromatic rings. The van der Waals surface area contributed by atoms with E-state index in [0.717, 1.165) is 25.8 Å². The smallest absolute Gasteiger partial charge is 0.237 e. The minimum Gasteiger partial charge on any atom is -0.504 e. The molecule has 2 aliphatic carbocycles. The molecule has 1 aromatic carbocycles. The first-order chi connectivity index (χ1) is 11.0. The van der Waals surface area contributed by atoms with E-state index in [4.69, 9.17) is 9.47 Å². The first-order valence-corrected chi connectivity index (χ1v) is 8.51. The molecule has 1 fully saturated rings. The van der Waals surface area contributed by atoms with Crippen molar-refractivity contribution in [1.82, 2.24) is 4.90 Å². The lowest BCUT2D eigenvalue weighted by molar-refractivity contribution is -0.261.